The summed E-state index contributed by atoms with van der Waals surface area (Å²) in [6.45, 7) is 3.51. The lowest BCUT2D eigenvalue weighted by atomic mass is 9.93. The van der Waals surface area contributed by atoms with Crippen molar-refractivity contribution in [2.75, 3.05) is 18.4 Å². The van der Waals surface area contributed by atoms with Gasteiger partial charge in [0.25, 0.3) is 0 Å². The molecule has 1 saturated heterocycles. The highest BCUT2D eigenvalue weighted by molar-refractivity contribution is 5.83. The lowest BCUT2D eigenvalue weighted by Gasteiger charge is -2.33. The van der Waals surface area contributed by atoms with Crippen molar-refractivity contribution >= 4 is 11.9 Å². The van der Waals surface area contributed by atoms with E-state index in [4.69, 9.17) is 4.42 Å². The molecule has 1 aromatic carbocycles. The third-order valence-corrected chi connectivity index (χ3v) is 6.66. The molecule has 1 N–H and O–H groups in total. The first-order valence-electron chi connectivity index (χ1n) is 10.2. The number of carbonyl (C=O) groups excluding carboxylic acids is 1. The molecular weight excluding hydrogens is 359 g/mol. The molecule has 6 nitrogen and oxygen atoms in total. The Kier molecular flexibility index (Phi) is 4.14. The molecule has 148 valence electrons. The molecule has 28 heavy (non-hydrogen) atoms. The quantitative estimate of drug-likeness (QED) is 0.851. The molecule has 1 aliphatic heterocycles. The molecule has 3 atom stereocenters. The van der Waals surface area contributed by atoms with Crippen molar-refractivity contribution < 1.29 is 13.6 Å². The number of piperidine rings is 1. The van der Waals surface area contributed by atoms with Crippen LogP contribution in [-0.2, 0) is 4.79 Å². The highest BCUT2D eigenvalue weighted by Crippen LogP contribution is 2.55. The van der Waals surface area contributed by atoms with Crippen LogP contribution in [0.5, 0.6) is 0 Å². The maximum Gasteiger partial charge on any atom is 0.316 e. The second-order valence-corrected chi connectivity index (χ2v) is 8.61. The summed E-state index contributed by atoms with van der Waals surface area (Å²) in [7, 11) is 0. The fourth-order valence-corrected chi connectivity index (χ4v) is 4.43. The van der Waals surface area contributed by atoms with Gasteiger partial charge in [-0.05, 0) is 62.0 Å². The zero-order valence-electron chi connectivity index (χ0n) is 16.0. The number of rotatable bonds is 5. The molecule has 1 aromatic heterocycles. The summed E-state index contributed by atoms with van der Waals surface area (Å²) in [5.41, 5.74) is 1.25. The van der Waals surface area contributed by atoms with E-state index in [9.17, 15) is 9.18 Å². The van der Waals surface area contributed by atoms with Crippen molar-refractivity contribution in [2.45, 2.75) is 56.9 Å². The molecule has 5 rings (SSSR count). The van der Waals surface area contributed by atoms with Crippen LogP contribution in [-0.4, -0.2) is 40.1 Å². The number of aromatic nitrogens is 2. The van der Waals surface area contributed by atoms with Crippen LogP contribution in [0.1, 0.15) is 62.3 Å². The Bertz CT molecular complexity index is 884. The second kappa shape index (κ2) is 6.57. The number of hydrogen-bond acceptors (Lipinski definition) is 5. The van der Waals surface area contributed by atoms with Gasteiger partial charge in [0.05, 0.1) is 0 Å². The van der Waals surface area contributed by atoms with Gasteiger partial charge in [-0.1, -0.05) is 23.3 Å². The van der Waals surface area contributed by atoms with Gasteiger partial charge in [-0.2, -0.15) is 0 Å². The third kappa shape index (κ3) is 3.27. The zero-order valence-corrected chi connectivity index (χ0v) is 16.0. The third-order valence-electron chi connectivity index (χ3n) is 6.66. The molecule has 7 heteroatoms. The van der Waals surface area contributed by atoms with Crippen LogP contribution in [0.3, 0.4) is 0 Å². The van der Waals surface area contributed by atoms with E-state index >= 15 is 0 Å². The van der Waals surface area contributed by atoms with Crippen LogP contribution in [0, 0.1) is 11.2 Å². The highest BCUT2D eigenvalue weighted by Gasteiger charge is 2.46. The van der Waals surface area contributed by atoms with Gasteiger partial charge in [-0.25, -0.2) is 4.39 Å². The van der Waals surface area contributed by atoms with Crippen molar-refractivity contribution in [1.29, 1.82) is 0 Å². The number of amides is 1. The van der Waals surface area contributed by atoms with Gasteiger partial charge in [0.15, 0.2) is 0 Å². The van der Waals surface area contributed by atoms with Crippen molar-refractivity contribution in [3.8, 4) is 0 Å². The molecule has 0 unspecified atom stereocenters. The van der Waals surface area contributed by atoms with E-state index in [1.54, 1.807) is 12.1 Å². The van der Waals surface area contributed by atoms with Gasteiger partial charge >= 0.3 is 6.01 Å². The Hall–Kier alpha value is -2.44. The number of hydrogen-bond donors (Lipinski definition) is 1. The van der Waals surface area contributed by atoms with E-state index in [2.05, 4.69) is 15.5 Å². The van der Waals surface area contributed by atoms with Crippen molar-refractivity contribution in [3.63, 3.8) is 0 Å². The van der Waals surface area contributed by atoms with E-state index in [0.717, 1.165) is 32.4 Å². The van der Waals surface area contributed by atoms with Gasteiger partial charge in [-0.3, -0.25) is 4.79 Å². The van der Waals surface area contributed by atoms with Crippen molar-refractivity contribution in [2.24, 2.45) is 5.41 Å². The average molecular weight is 384 g/mol. The number of benzene rings is 1. The standard InChI is InChI=1S/C21H25FN4O2/c1-13(19(27)26-10-8-21(6-7-21)9-11-26)23-20-25-24-18(28-20)16-12-15(16)14-4-2-3-5-17(14)22/h2-5,13,15-16H,6-12H2,1H3,(H,23,25)/t13-,15+,16+/m0/s1. The number of likely N-dealkylation sites (tertiary alicyclic amines) is 1. The van der Waals surface area contributed by atoms with Gasteiger partial charge in [0, 0.05) is 19.0 Å². The maximum absolute atomic E-state index is 13.9. The molecule has 1 amide bonds. The fourth-order valence-electron chi connectivity index (χ4n) is 4.43. The molecule has 1 spiro atoms. The number of nitrogens with zero attached hydrogens (tertiary/aromatic N) is 3. The van der Waals surface area contributed by atoms with Crippen LogP contribution in [0.4, 0.5) is 10.4 Å². The van der Waals surface area contributed by atoms with Gasteiger partial charge < -0.3 is 14.6 Å². The predicted molar refractivity (Wildman–Crippen MR) is 101 cm³/mol. The molecule has 0 radical (unpaired) electrons. The Balaban J connectivity index is 1.18. The van der Waals surface area contributed by atoms with E-state index in [-0.39, 0.29) is 29.6 Å². The molecular formula is C21H25FN4O2. The van der Waals surface area contributed by atoms with Crippen LogP contribution in [0.25, 0.3) is 0 Å². The molecule has 3 fully saturated rings. The van der Waals surface area contributed by atoms with Crippen LogP contribution >= 0.6 is 0 Å². The Morgan fingerprint density at radius 3 is 2.68 bits per heavy atom. The van der Waals surface area contributed by atoms with Crippen LogP contribution in [0.2, 0.25) is 0 Å². The number of carbonyl (C=O) groups is 1. The van der Waals surface area contributed by atoms with E-state index < -0.39 is 6.04 Å². The predicted octanol–water partition coefficient (Wildman–Crippen LogP) is 3.68. The SMILES string of the molecule is C[C@H](Nc1nnc([C@@H]2C[C@@H]2c2ccccc2F)o1)C(=O)N1CCC2(CC1)CC2. The minimum atomic E-state index is -0.414. The molecule has 2 heterocycles. The number of anilines is 1. The lowest BCUT2D eigenvalue weighted by molar-refractivity contribution is -0.133. The second-order valence-electron chi connectivity index (χ2n) is 8.61. The Labute approximate surface area is 163 Å². The molecule has 2 aromatic rings. The lowest BCUT2D eigenvalue weighted by Crippen LogP contribution is -2.45. The summed E-state index contributed by atoms with van der Waals surface area (Å²) < 4.78 is 19.7. The zero-order chi connectivity index (χ0) is 19.3. The molecule has 2 aliphatic carbocycles. The monoisotopic (exact) mass is 384 g/mol. The molecule has 3 aliphatic rings. The number of nitrogens with one attached hydrogen (secondary N) is 1. The van der Waals surface area contributed by atoms with Crippen LogP contribution < -0.4 is 5.32 Å². The first kappa shape index (κ1) is 17.6. The van der Waals surface area contributed by atoms with E-state index in [1.165, 1.54) is 18.9 Å². The first-order valence-corrected chi connectivity index (χ1v) is 10.2. The summed E-state index contributed by atoms with van der Waals surface area (Å²) in [5.74, 6) is 0.510. The van der Waals surface area contributed by atoms with Crippen molar-refractivity contribution in [1.82, 2.24) is 15.1 Å². The smallest absolute Gasteiger partial charge is 0.316 e. The Morgan fingerprint density at radius 1 is 1.21 bits per heavy atom. The number of halogens is 1. The Morgan fingerprint density at radius 2 is 1.96 bits per heavy atom. The minimum Gasteiger partial charge on any atom is -0.408 e. The van der Waals surface area contributed by atoms with Gasteiger partial charge in [-0.15, -0.1) is 5.10 Å². The van der Waals surface area contributed by atoms with Crippen molar-refractivity contribution in [3.05, 3.63) is 41.5 Å². The average Bonchev–Trinajstić information content (AvgIpc) is 3.61. The largest absolute Gasteiger partial charge is 0.408 e. The van der Waals surface area contributed by atoms with Gasteiger partial charge in [0.2, 0.25) is 11.8 Å². The molecule has 0 bridgehead atoms. The normalized spacial score (nSPS) is 26.1. The topological polar surface area (TPSA) is 71.3 Å². The summed E-state index contributed by atoms with van der Waals surface area (Å²) in [6, 6.07) is 6.66. The first-order chi connectivity index (χ1) is 13.5. The summed E-state index contributed by atoms with van der Waals surface area (Å²) in [4.78, 5) is 14.6. The summed E-state index contributed by atoms with van der Waals surface area (Å²) >= 11 is 0. The maximum atomic E-state index is 13.9. The fraction of sp³-hybridized carbons (Fsp3) is 0.571. The summed E-state index contributed by atoms with van der Waals surface area (Å²) in [5, 5.41) is 11.2. The molecule has 2 saturated carbocycles. The summed E-state index contributed by atoms with van der Waals surface area (Å²) in [6.07, 6.45) is 5.68. The highest BCUT2D eigenvalue weighted by atomic mass is 19.1. The van der Waals surface area contributed by atoms with E-state index in [1.807, 2.05) is 17.9 Å². The minimum absolute atomic E-state index is 0.0442. The van der Waals surface area contributed by atoms with Crippen LogP contribution in [0.15, 0.2) is 28.7 Å². The van der Waals surface area contributed by atoms with Gasteiger partial charge in [0.1, 0.15) is 11.9 Å². The van der Waals surface area contributed by atoms with E-state index in [0.29, 0.717) is 16.9 Å².